The molecule has 0 radical (unpaired) electrons. The van der Waals surface area contributed by atoms with E-state index in [9.17, 15) is 19.2 Å². The van der Waals surface area contributed by atoms with Gasteiger partial charge in [-0.2, -0.15) is 0 Å². The Kier molecular flexibility index (Phi) is 6.25. The third-order valence-electron chi connectivity index (χ3n) is 3.43. The average molecular weight is 320 g/mol. The van der Waals surface area contributed by atoms with Crippen molar-refractivity contribution in [3.05, 3.63) is 0 Å². The molecule has 0 aromatic heterocycles. The van der Waals surface area contributed by atoms with Crippen LogP contribution >= 0.6 is 0 Å². The summed E-state index contributed by atoms with van der Waals surface area (Å²) in [6.45, 7) is 0.0250. The lowest BCUT2D eigenvalue weighted by Gasteiger charge is -2.06. The second-order valence-corrected chi connectivity index (χ2v) is 4.85. The van der Waals surface area contributed by atoms with Gasteiger partial charge in [-0.25, -0.2) is 0 Å². The Morgan fingerprint density at radius 1 is 0.545 bits per heavy atom. The molecule has 2 aliphatic heterocycles. The molecule has 2 rings (SSSR count). The van der Waals surface area contributed by atoms with Crippen molar-refractivity contribution in [1.82, 2.24) is 0 Å². The average Bonchev–Trinajstić information content (AvgIpc) is 3.08. The second kappa shape index (κ2) is 7.71. The highest BCUT2D eigenvalue weighted by molar-refractivity contribution is 5.81. The molecule has 0 aromatic rings. The Bertz CT molecular complexity index is 377. The maximum absolute atomic E-state index is 10.4. The van der Waals surface area contributed by atoms with Crippen molar-refractivity contribution in [3.63, 3.8) is 0 Å². The summed E-state index contributed by atoms with van der Waals surface area (Å²) >= 11 is 0. The van der Waals surface area contributed by atoms with Crippen LogP contribution in [0.15, 0.2) is 0 Å². The van der Waals surface area contributed by atoms with Gasteiger partial charge in [-0.3, -0.25) is 19.2 Å². The predicted octanol–water partition coefficient (Wildman–Crippen LogP) is -1.16. The lowest BCUT2D eigenvalue weighted by molar-refractivity contribution is -0.151. The quantitative estimate of drug-likeness (QED) is 0.495. The molecular weight excluding hydrogens is 304 g/mol. The van der Waals surface area contributed by atoms with Crippen LogP contribution in [0.25, 0.3) is 0 Å². The van der Waals surface area contributed by atoms with E-state index in [1.807, 2.05) is 0 Å². The standard InChI is InChI=1S/2C6H8O5/c2*7-5(8)3-1-11-2-4(3)6(9)10/h2*3-4H,1-2H2,(H,7,8)(H,9,10)/t2*3-,4+. The minimum atomic E-state index is -1.10. The van der Waals surface area contributed by atoms with Crippen LogP contribution in [0.1, 0.15) is 0 Å². The Morgan fingerprint density at radius 2 is 0.727 bits per heavy atom. The highest BCUT2D eigenvalue weighted by Gasteiger charge is 2.39. The van der Waals surface area contributed by atoms with Crippen LogP contribution in [0.2, 0.25) is 0 Å². The molecule has 0 aliphatic carbocycles. The van der Waals surface area contributed by atoms with Gasteiger partial charge in [0.1, 0.15) is 0 Å². The van der Waals surface area contributed by atoms with Crippen LogP contribution in [0.4, 0.5) is 0 Å². The van der Waals surface area contributed by atoms with E-state index in [4.69, 9.17) is 29.9 Å². The molecule has 2 saturated heterocycles. The zero-order chi connectivity index (χ0) is 16.9. The minimum absolute atomic E-state index is 0.00625. The van der Waals surface area contributed by atoms with Crippen LogP contribution in [0, 0.1) is 23.7 Å². The number of carbonyl (C=O) groups is 4. The molecule has 0 aromatic carbocycles. The fourth-order valence-electron chi connectivity index (χ4n) is 2.08. The van der Waals surface area contributed by atoms with E-state index < -0.39 is 47.5 Å². The number of aliphatic carboxylic acids is 4. The molecule has 2 aliphatic rings. The third kappa shape index (κ3) is 4.40. The molecule has 10 nitrogen and oxygen atoms in total. The fraction of sp³-hybridized carbons (Fsp3) is 0.667. The molecule has 2 heterocycles. The normalized spacial score (nSPS) is 30.2. The van der Waals surface area contributed by atoms with Crippen molar-refractivity contribution >= 4 is 23.9 Å². The minimum Gasteiger partial charge on any atom is -0.481 e. The number of hydrogen-bond acceptors (Lipinski definition) is 6. The number of carboxylic acids is 4. The summed E-state index contributed by atoms with van der Waals surface area (Å²) in [5.74, 6) is -7.94. The molecule has 2 fully saturated rings. The van der Waals surface area contributed by atoms with E-state index in [-0.39, 0.29) is 26.4 Å². The van der Waals surface area contributed by atoms with E-state index in [2.05, 4.69) is 0 Å². The molecule has 124 valence electrons. The van der Waals surface area contributed by atoms with Gasteiger partial charge in [0.2, 0.25) is 0 Å². The molecule has 22 heavy (non-hydrogen) atoms. The van der Waals surface area contributed by atoms with Crippen LogP contribution in [-0.4, -0.2) is 70.7 Å². The van der Waals surface area contributed by atoms with E-state index >= 15 is 0 Å². The molecule has 0 spiro atoms. The van der Waals surface area contributed by atoms with Gasteiger partial charge in [-0.15, -0.1) is 0 Å². The van der Waals surface area contributed by atoms with E-state index in [0.29, 0.717) is 0 Å². The Hall–Kier alpha value is -2.20. The zero-order valence-corrected chi connectivity index (χ0v) is 11.4. The smallest absolute Gasteiger partial charge is 0.309 e. The van der Waals surface area contributed by atoms with Crippen molar-refractivity contribution in [3.8, 4) is 0 Å². The first-order valence-corrected chi connectivity index (χ1v) is 6.32. The molecule has 0 amide bonds. The predicted molar refractivity (Wildman–Crippen MR) is 66.1 cm³/mol. The molecule has 4 N–H and O–H groups in total. The SMILES string of the molecule is O=C(O)[C@H]1COC[C@H]1C(=O)O.O=C(O)[C@H]1COC[C@H]1C(=O)O. The summed E-state index contributed by atoms with van der Waals surface area (Å²) in [7, 11) is 0. The van der Waals surface area contributed by atoms with Gasteiger partial charge in [-0.1, -0.05) is 0 Å². The molecule has 0 bridgehead atoms. The highest BCUT2D eigenvalue weighted by Crippen LogP contribution is 2.21. The Balaban J connectivity index is 0.000000220. The first kappa shape index (κ1) is 17.9. The summed E-state index contributed by atoms with van der Waals surface area (Å²) in [5, 5.41) is 34.0. The second-order valence-electron chi connectivity index (χ2n) is 4.85. The molecule has 0 saturated carbocycles. The van der Waals surface area contributed by atoms with Crippen LogP contribution < -0.4 is 0 Å². The summed E-state index contributed by atoms with van der Waals surface area (Å²) in [6.07, 6.45) is 0. The van der Waals surface area contributed by atoms with Crippen LogP contribution in [-0.2, 0) is 28.7 Å². The van der Waals surface area contributed by atoms with Crippen molar-refractivity contribution in [2.75, 3.05) is 26.4 Å². The maximum Gasteiger partial charge on any atom is 0.309 e. The van der Waals surface area contributed by atoms with E-state index in [0.717, 1.165) is 0 Å². The van der Waals surface area contributed by atoms with Gasteiger partial charge in [0, 0.05) is 0 Å². The van der Waals surface area contributed by atoms with E-state index in [1.54, 1.807) is 0 Å². The molecular formula is C12H16O10. The van der Waals surface area contributed by atoms with Gasteiger partial charge < -0.3 is 29.9 Å². The monoisotopic (exact) mass is 320 g/mol. The number of carboxylic acid groups (broad SMARTS) is 4. The first-order chi connectivity index (χ1) is 10.3. The topological polar surface area (TPSA) is 168 Å². The molecule has 10 heteroatoms. The maximum atomic E-state index is 10.4. The van der Waals surface area contributed by atoms with Crippen molar-refractivity contribution in [1.29, 1.82) is 0 Å². The summed E-state index contributed by atoms with van der Waals surface area (Å²) in [5.41, 5.74) is 0. The van der Waals surface area contributed by atoms with Crippen LogP contribution in [0.5, 0.6) is 0 Å². The number of ether oxygens (including phenoxy) is 2. The third-order valence-corrected chi connectivity index (χ3v) is 3.43. The van der Waals surface area contributed by atoms with Crippen molar-refractivity contribution in [2.24, 2.45) is 23.7 Å². The largest absolute Gasteiger partial charge is 0.481 e. The Labute approximate surface area is 124 Å². The highest BCUT2D eigenvalue weighted by atomic mass is 16.5. The first-order valence-electron chi connectivity index (χ1n) is 6.32. The lowest BCUT2D eigenvalue weighted by atomic mass is 9.97. The van der Waals surface area contributed by atoms with Gasteiger partial charge in [-0.05, 0) is 0 Å². The van der Waals surface area contributed by atoms with Gasteiger partial charge in [0.05, 0.1) is 50.1 Å². The number of rotatable bonds is 4. The molecule has 4 atom stereocenters. The lowest BCUT2D eigenvalue weighted by Crippen LogP contribution is -2.28. The van der Waals surface area contributed by atoms with Gasteiger partial charge in [0.25, 0.3) is 0 Å². The number of hydrogen-bond donors (Lipinski definition) is 4. The van der Waals surface area contributed by atoms with Crippen molar-refractivity contribution < 1.29 is 49.1 Å². The summed E-state index contributed by atoms with van der Waals surface area (Å²) in [6, 6.07) is 0. The molecule has 0 unspecified atom stereocenters. The Morgan fingerprint density at radius 3 is 0.864 bits per heavy atom. The fourth-order valence-corrected chi connectivity index (χ4v) is 2.08. The van der Waals surface area contributed by atoms with Crippen molar-refractivity contribution in [2.45, 2.75) is 0 Å². The summed E-state index contributed by atoms with van der Waals surface area (Å²) < 4.78 is 9.46. The van der Waals surface area contributed by atoms with Crippen LogP contribution in [0.3, 0.4) is 0 Å². The zero-order valence-electron chi connectivity index (χ0n) is 11.4. The van der Waals surface area contributed by atoms with Gasteiger partial charge >= 0.3 is 23.9 Å². The van der Waals surface area contributed by atoms with Gasteiger partial charge in [0.15, 0.2) is 0 Å². The summed E-state index contributed by atoms with van der Waals surface area (Å²) in [4.78, 5) is 41.5. The van der Waals surface area contributed by atoms with E-state index in [1.165, 1.54) is 0 Å².